The number of ether oxygens (including phenoxy) is 3. The van der Waals surface area contributed by atoms with Gasteiger partial charge in [0.05, 0.1) is 5.60 Å². The van der Waals surface area contributed by atoms with Crippen LogP contribution in [0.2, 0.25) is 0 Å². The quantitative estimate of drug-likeness (QED) is 0.786. The molecule has 0 bridgehead atoms. The maximum absolute atomic E-state index is 12.3. The van der Waals surface area contributed by atoms with Crippen molar-refractivity contribution in [3.05, 3.63) is 53.6 Å². The first-order chi connectivity index (χ1) is 13.6. The van der Waals surface area contributed by atoms with E-state index in [0.717, 1.165) is 0 Å². The number of hydrogen-bond donors (Lipinski definition) is 2. The third kappa shape index (κ3) is 3.66. The Hall–Kier alpha value is -3.06. The number of benzene rings is 2. The molecule has 0 aromatic heterocycles. The van der Waals surface area contributed by atoms with Crippen LogP contribution in [0, 0.1) is 0 Å². The van der Waals surface area contributed by atoms with E-state index in [0.29, 0.717) is 43.2 Å². The van der Waals surface area contributed by atoms with Crippen LogP contribution in [0.15, 0.2) is 42.5 Å². The van der Waals surface area contributed by atoms with Crippen LogP contribution in [0.5, 0.6) is 11.5 Å². The first-order valence-corrected chi connectivity index (χ1v) is 9.19. The van der Waals surface area contributed by atoms with Gasteiger partial charge in [-0.15, -0.1) is 0 Å². The molecule has 2 amide bonds. The van der Waals surface area contributed by atoms with E-state index in [1.807, 2.05) is 12.1 Å². The van der Waals surface area contributed by atoms with Gasteiger partial charge >= 0.3 is 11.8 Å². The molecule has 2 aromatic rings. The van der Waals surface area contributed by atoms with E-state index in [-0.39, 0.29) is 6.54 Å². The summed E-state index contributed by atoms with van der Waals surface area (Å²) in [7, 11) is 1.63. The maximum Gasteiger partial charge on any atom is 0.313 e. The van der Waals surface area contributed by atoms with E-state index in [2.05, 4.69) is 22.8 Å². The average Bonchev–Trinajstić information content (AvgIpc) is 3.11. The summed E-state index contributed by atoms with van der Waals surface area (Å²) in [6, 6.07) is 13.1. The van der Waals surface area contributed by atoms with Crippen LogP contribution in [0.4, 0.5) is 5.69 Å². The molecule has 1 aliphatic heterocycles. The van der Waals surface area contributed by atoms with Crippen molar-refractivity contribution >= 4 is 17.5 Å². The minimum atomic E-state index is -0.738. The van der Waals surface area contributed by atoms with Crippen molar-refractivity contribution in [2.45, 2.75) is 18.4 Å². The van der Waals surface area contributed by atoms with Gasteiger partial charge in [0.1, 0.15) is 13.2 Å². The van der Waals surface area contributed by atoms with Gasteiger partial charge in [0.15, 0.2) is 11.5 Å². The van der Waals surface area contributed by atoms with Gasteiger partial charge in [0.25, 0.3) is 0 Å². The summed E-state index contributed by atoms with van der Waals surface area (Å²) >= 11 is 0. The highest BCUT2D eigenvalue weighted by atomic mass is 16.6. The van der Waals surface area contributed by atoms with Crippen LogP contribution in [0.1, 0.15) is 11.1 Å². The molecule has 0 unspecified atom stereocenters. The summed E-state index contributed by atoms with van der Waals surface area (Å²) < 4.78 is 16.6. The number of amides is 2. The van der Waals surface area contributed by atoms with Crippen LogP contribution < -0.4 is 20.1 Å². The Morgan fingerprint density at radius 1 is 1.00 bits per heavy atom. The first-order valence-electron chi connectivity index (χ1n) is 9.19. The van der Waals surface area contributed by atoms with Crippen molar-refractivity contribution in [1.29, 1.82) is 0 Å². The summed E-state index contributed by atoms with van der Waals surface area (Å²) in [6.45, 7) is 1.20. The molecule has 1 heterocycles. The van der Waals surface area contributed by atoms with E-state index < -0.39 is 17.4 Å². The fraction of sp³-hybridized carbons (Fsp3) is 0.333. The van der Waals surface area contributed by atoms with Gasteiger partial charge in [-0.3, -0.25) is 9.59 Å². The van der Waals surface area contributed by atoms with Crippen molar-refractivity contribution < 1.29 is 23.8 Å². The Bertz CT molecular complexity index is 886. The zero-order valence-corrected chi connectivity index (χ0v) is 15.6. The lowest BCUT2D eigenvalue weighted by atomic mass is 10.00. The van der Waals surface area contributed by atoms with Crippen molar-refractivity contribution in [2.24, 2.45) is 0 Å². The number of methoxy groups -OCH3 is 1. The lowest BCUT2D eigenvalue weighted by Gasteiger charge is -2.27. The zero-order chi connectivity index (χ0) is 19.6. The Morgan fingerprint density at radius 3 is 2.36 bits per heavy atom. The lowest BCUT2D eigenvalue weighted by molar-refractivity contribution is -0.137. The molecule has 0 fully saturated rings. The minimum absolute atomic E-state index is 0.256. The van der Waals surface area contributed by atoms with Crippen LogP contribution >= 0.6 is 0 Å². The van der Waals surface area contributed by atoms with Crippen LogP contribution in [-0.2, 0) is 27.2 Å². The van der Waals surface area contributed by atoms with E-state index in [1.54, 1.807) is 25.3 Å². The summed E-state index contributed by atoms with van der Waals surface area (Å²) in [5, 5.41) is 5.29. The summed E-state index contributed by atoms with van der Waals surface area (Å²) in [6.07, 6.45) is 1.40. The van der Waals surface area contributed by atoms with Gasteiger partial charge < -0.3 is 24.8 Å². The van der Waals surface area contributed by atoms with E-state index in [4.69, 9.17) is 14.2 Å². The molecule has 0 radical (unpaired) electrons. The Balaban J connectivity index is 1.35. The van der Waals surface area contributed by atoms with Crippen molar-refractivity contribution in [3.8, 4) is 11.5 Å². The molecular formula is C21H22N2O5. The van der Waals surface area contributed by atoms with E-state index >= 15 is 0 Å². The van der Waals surface area contributed by atoms with E-state index in [1.165, 1.54) is 11.1 Å². The number of anilines is 1. The summed E-state index contributed by atoms with van der Waals surface area (Å²) in [5.74, 6) is -0.274. The van der Waals surface area contributed by atoms with Gasteiger partial charge in [-0.05, 0) is 23.3 Å². The van der Waals surface area contributed by atoms with Crippen molar-refractivity contribution in [1.82, 2.24) is 5.32 Å². The van der Waals surface area contributed by atoms with Gasteiger partial charge in [-0.2, -0.15) is 0 Å². The minimum Gasteiger partial charge on any atom is -0.486 e. The highest BCUT2D eigenvalue weighted by Gasteiger charge is 2.38. The molecule has 0 saturated heterocycles. The monoisotopic (exact) mass is 382 g/mol. The van der Waals surface area contributed by atoms with Crippen LogP contribution in [0.25, 0.3) is 0 Å². The van der Waals surface area contributed by atoms with Crippen molar-refractivity contribution in [2.75, 3.05) is 32.2 Å². The molecule has 0 saturated carbocycles. The zero-order valence-electron chi connectivity index (χ0n) is 15.6. The molecule has 2 aliphatic rings. The van der Waals surface area contributed by atoms with Crippen LogP contribution in [-0.4, -0.2) is 44.3 Å². The Labute approximate surface area is 163 Å². The number of carbonyl (C=O) groups excluding carboxylic acids is 2. The molecule has 4 rings (SSSR count). The van der Waals surface area contributed by atoms with Gasteiger partial charge in [-0.1, -0.05) is 24.3 Å². The van der Waals surface area contributed by atoms with Gasteiger partial charge in [-0.25, -0.2) is 0 Å². The number of fused-ring (bicyclic) bond motifs is 2. The SMILES string of the molecule is COC1(CNC(=O)C(=O)Nc2ccc3c(c2)OCCO3)Cc2ccccc2C1. The Kier molecular flexibility index (Phi) is 4.92. The maximum atomic E-state index is 12.3. The van der Waals surface area contributed by atoms with Gasteiger partial charge in [0.2, 0.25) is 0 Å². The summed E-state index contributed by atoms with van der Waals surface area (Å²) in [4.78, 5) is 24.5. The predicted molar refractivity (Wildman–Crippen MR) is 103 cm³/mol. The van der Waals surface area contributed by atoms with E-state index in [9.17, 15) is 9.59 Å². The predicted octanol–water partition coefficient (Wildman–Crippen LogP) is 1.70. The molecule has 7 nitrogen and oxygen atoms in total. The number of rotatable bonds is 4. The molecular weight excluding hydrogens is 360 g/mol. The second kappa shape index (κ2) is 7.52. The molecule has 0 spiro atoms. The fourth-order valence-electron chi connectivity index (χ4n) is 3.63. The third-order valence-electron chi connectivity index (χ3n) is 5.15. The normalized spacial score (nSPS) is 16.2. The van der Waals surface area contributed by atoms with Crippen molar-refractivity contribution in [3.63, 3.8) is 0 Å². The number of nitrogens with one attached hydrogen (secondary N) is 2. The van der Waals surface area contributed by atoms with Crippen LogP contribution in [0.3, 0.4) is 0 Å². The Morgan fingerprint density at radius 2 is 1.68 bits per heavy atom. The fourth-order valence-corrected chi connectivity index (χ4v) is 3.63. The topological polar surface area (TPSA) is 85.9 Å². The summed E-state index contributed by atoms with van der Waals surface area (Å²) in [5.41, 5.74) is 2.36. The molecule has 146 valence electrons. The highest BCUT2D eigenvalue weighted by Crippen LogP contribution is 2.33. The highest BCUT2D eigenvalue weighted by molar-refractivity contribution is 6.39. The molecule has 1 aliphatic carbocycles. The first kappa shape index (κ1) is 18.3. The number of carbonyl (C=O) groups is 2. The second-order valence-corrected chi connectivity index (χ2v) is 7.00. The molecule has 2 N–H and O–H groups in total. The molecule has 2 aromatic carbocycles. The standard InChI is InChI=1S/C21H22N2O5/c1-26-21(11-14-4-2-3-5-15(14)12-21)13-22-19(24)20(25)23-16-6-7-17-18(10-16)28-9-8-27-17/h2-7,10H,8-9,11-13H2,1H3,(H,22,24)(H,23,25). The lowest BCUT2D eigenvalue weighted by Crippen LogP contribution is -2.48. The second-order valence-electron chi connectivity index (χ2n) is 7.00. The van der Waals surface area contributed by atoms with Gasteiger partial charge in [0, 0.05) is 38.2 Å². The molecule has 28 heavy (non-hydrogen) atoms. The smallest absolute Gasteiger partial charge is 0.313 e. The largest absolute Gasteiger partial charge is 0.486 e. The molecule has 7 heteroatoms. The average molecular weight is 382 g/mol. The number of hydrogen-bond acceptors (Lipinski definition) is 5. The molecule has 0 atom stereocenters. The third-order valence-corrected chi connectivity index (χ3v) is 5.15.